The molecule has 0 amide bonds. The number of benzene rings is 1. The van der Waals surface area contributed by atoms with Crippen molar-refractivity contribution in [2.45, 2.75) is 65.8 Å². The number of nitrogens with one attached hydrogen (secondary N) is 1. The van der Waals surface area contributed by atoms with E-state index in [1.165, 1.54) is 4.68 Å². The van der Waals surface area contributed by atoms with Gasteiger partial charge in [-0.3, -0.25) is 14.6 Å². The molecule has 1 unspecified atom stereocenters. The normalized spacial score (nSPS) is 14.1. The van der Waals surface area contributed by atoms with Crippen molar-refractivity contribution in [3.8, 4) is 22.9 Å². The Balaban J connectivity index is 1.40. The number of aliphatic imine (C=N–C) groups is 2. The van der Waals surface area contributed by atoms with Crippen molar-refractivity contribution in [1.82, 2.24) is 29.4 Å². The van der Waals surface area contributed by atoms with Crippen LogP contribution in [0.15, 0.2) is 52.7 Å². The van der Waals surface area contributed by atoms with Crippen LogP contribution in [0.2, 0.25) is 0 Å². The first-order valence-corrected chi connectivity index (χ1v) is 15.9. The smallest absolute Gasteiger partial charge is 0.220 e. The maximum atomic E-state index is 10.3. The summed E-state index contributed by atoms with van der Waals surface area (Å²) in [6.07, 6.45) is 8.47. The molecule has 234 valence electrons. The summed E-state index contributed by atoms with van der Waals surface area (Å²) in [5.74, 6) is 2.77. The molecule has 4 heterocycles. The maximum absolute atomic E-state index is 10.3. The van der Waals surface area contributed by atoms with E-state index in [1.807, 2.05) is 24.4 Å². The number of nitrogens with zero attached hydrogens (tertiary/aromatic N) is 8. The minimum Gasteiger partial charge on any atom is -0.493 e. The zero-order valence-electron chi connectivity index (χ0n) is 26.6. The third-order valence-electron chi connectivity index (χ3n) is 7.85. The van der Waals surface area contributed by atoms with E-state index in [4.69, 9.17) is 14.8 Å². The van der Waals surface area contributed by atoms with Gasteiger partial charge in [0.05, 0.1) is 11.7 Å². The first-order valence-electron chi connectivity index (χ1n) is 15.9. The van der Waals surface area contributed by atoms with Crippen LogP contribution < -0.4 is 10.1 Å². The summed E-state index contributed by atoms with van der Waals surface area (Å²) in [6, 6.07) is 10.5. The van der Waals surface area contributed by atoms with E-state index in [0.717, 1.165) is 79.1 Å². The van der Waals surface area contributed by atoms with Crippen molar-refractivity contribution in [3.63, 3.8) is 0 Å². The van der Waals surface area contributed by atoms with Crippen molar-refractivity contribution < 1.29 is 9.84 Å². The van der Waals surface area contributed by atoms with Crippen LogP contribution in [-0.4, -0.2) is 79.0 Å². The third-order valence-corrected chi connectivity index (χ3v) is 7.85. The first kappa shape index (κ1) is 31.2. The Morgan fingerprint density at radius 2 is 1.89 bits per heavy atom. The summed E-state index contributed by atoms with van der Waals surface area (Å²) in [5, 5.41) is 23.9. The number of ether oxygens (including phenoxy) is 1. The van der Waals surface area contributed by atoms with Gasteiger partial charge in [0.2, 0.25) is 5.88 Å². The number of hydrogen-bond donors (Lipinski definition) is 2. The van der Waals surface area contributed by atoms with Gasteiger partial charge in [0.1, 0.15) is 35.3 Å². The molecule has 0 aliphatic carbocycles. The van der Waals surface area contributed by atoms with Gasteiger partial charge in [-0.25, -0.2) is 14.7 Å². The van der Waals surface area contributed by atoms with Gasteiger partial charge in [0.25, 0.3) is 0 Å². The van der Waals surface area contributed by atoms with E-state index in [2.05, 4.69) is 69.8 Å². The number of aryl methyl sites for hydroxylation is 1. The monoisotopic (exact) mass is 599 g/mol. The van der Waals surface area contributed by atoms with Crippen LogP contribution in [0.4, 0.5) is 5.82 Å². The SMILES string of the molecule is CCCC(C)n1nc(-c2cccc(OCCN(CCC)CCC)c2)c2cnc(NC3=NC(c4cnn(C)c4O)=NCC3)cc21. The van der Waals surface area contributed by atoms with Gasteiger partial charge in [0, 0.05) is 55.8 Å². The van der Waals surface area contributed by atoms with Crippen molar-refractivity contribution in [2.75, 3.05) is 38.1 Å². The first-order chi connectivity index (χ1) is 21.4. The number of rotatable bonds is 14. The second-order valence-electron chi connectivity index (χ2n) is 11.4. The maximum Gasteiger partial charge on any atom is 0.220 e. The molecule has 1 aliphatic heterocycles. The lowest BCUT2D eigenvalue weighted by molar-refractivity contribution is 0.209. The molecule has 0 saturated carbocycles. The van der Waals surface area contributed by atoms with E-state index in [-0.39, 0.29) is 11.9 Å². The van der Waals surface area contributed by atoms with Crippen LogP contribution in [0.1, 0.15) is 71.4 Å². The molecule has 0 saturated heterocycles. The summed E-state index contributed by atoms with van der Waals surface area (Å²) < 4.78 is 9.72. The standard InChI is InChI=1S/C33H45N9O2/c1-6-10-23(4)42-28-20-30(37-29-13-14-34-32(38-29)27-22-36-40(5)33(27)43)35-21-26(28)31(39-42)24-11-9-12-25(19-24)44-18-17-41(15-7-2)16-8-3/h9,11-12,19-23,43H,6-8,10,13-18H2,1-5H3,(H,34,35,37,38). The van der Waals surface area contributed by atoms with Crippen LogP contribution in [0, 0.1) is 0 Å². The summed E-state index contributed by atoms with van der Waals surface area (Å²) >= 11 is 0. The average molecular weight is 600 g/mol. The number of pyridine rings is 1. The lowest BCUT2D eigenvalue weighted by atomic mass is 10.1. The topological polar surface area (TPSA) is 118 Å². The molecule has 5 rings (SSSR count). The highest BCUT2D eigenvalue weighted by Gasteiger charge is 2.20. The second kappa shape index (κ2) is 14.5. The molecule has 11 heteroatoms. The molecule has 0 fully saturated rings. The van der Waals surface area contributed by atoms with Crippen LogP contribution >= 0.6 is 0 Å². The zero-order valence-corrected chi connectivity index (χ0v) is 26.6. The molecule has 44 heavy (non-hydrogen) atoms. The molecule has 3 aromatic heterocycles. The fourth-order valence-corrected chi connectivity index (χ4v) is 5.64. The highest BCUT2D eigenvalue weighted by Crippen LogP contribution is 2.33. The van der Waals surface area contributed by atoms with Crippen molar-refractivity contribution >= 4 is 28.4 Å². The summed E-state index contributed by atoms with van der Waals surface area (Å²) in [5.41, 5.74) is 3.42. The molecule has 11 nitrogen and oxygen atoms in total. The molecular formula is C33H45N9O2. The number of hydrogen-bond acceptors (Lipinski definition) is 9. The Bertz CT molecular complexity index is 1610. The Hall–Kier alpha value is -4.25. The largest absolute Gasteiger partial charge is 0.493 e. The molecule has 1 atom stereocenters. The van der Waals surface area contributed by atoms with E-state index in [9.17, 15) is 5.11 Å². The van der Waals surface area contributed by atoms with Gasteiger partial charge >= 0.3 is 0 Å². The van der Waals surface area contributed by atoms with Crippen LogP contribution in [-0.2, 0) is 7.05 Å². The van der Waals surface area contributed by atoms with E-state index in [0.29, 0.717) is 36.8 Å². The molecule has 0 radical (unpaired) electrons. The van der Waals surface area contributed by atoms with Crippen LogP contribution in [0.25, 0.3) is 22.2 Å². The summed E-state index contributed by atoms with van der Waals surface area (Å²) in [4.78, 5) is 16.4. The van der Waals surface area contributed by atoms with Gasteiger partial charge in [-0.1, -0.05) is 39.3 Å². The van der Waals surface area contributed by atoms with Crippen molar-refractivity contribution in [1.29, 1.82) is 0 Å². The van der Waals surface area contributed by atoms with Gasteiger partial charge < -0.3 is 15.2 Å². The third kappa shape index (κ3) is 7.10. The van der Waals surface area contributed by atoms with E-state index in [1.54, 1.807) is 13.2 Å². The second-order valence-corrected chi connectivity index (χ2v) is 11.4. The Morgan fingerprint density at radius 1 is 1.07 bits per heavy atom. The Kier molecular flexibility index (Phi) is 10.3. The summed E-state index contributed by atoms with van der Waals surface area (Å²) in [6.45, 7) is 13.2. The number of aromatic hydroxyl groups is 1. The molecule has 0 spiro atoms. The Labute approximate surface area is 259 Å². The van der Waals surface area contributed by atoms with E-state index >= 15 is 0 Å². The minimum atomic E-state index is 0.0408. The molecule has 2 N–H and O–H groups in total. The lowest BCUT2D eigenvalue weighted by Crippen LogP contribution is -2.30. The zero-order chi connectivity index (χ0) is 31.1. The molecule has 1 aliphatic rings. The highest BCUT2D eigenvalue weighted by molar-refractivity contribution is 6.12. The molecule has 0 bridgehead atoms. The Morgan fingerprint density at radius 3 is 2.61 bits per heavy atom. The predicted octanol–water partition coefficient (Wildman–Crippen LogP) is 6.06. The van der Waals surface area contributed by atoms with Gasteiger partial charge in [0.15, 0.2) is 5.84 Å². The van der Waals surface area contributed by atoms with Gasteiger partial charge in [-0.2, -0.15) is 10.2 Å². The number of amidine groups is 2. The highest BCUT2D eigenvalue weighted by atomic mass is 16.5. The number of aromatic nitrogens is 5. The van der Waals surface area contributed by atoms with Crippen LogP contribution in [0.5, 0.6) is 11.6 Å². The fraction of sp³-hybridized carbons (Fsp3) is 0.485. The van der Waals surface area contributed by atoms with Crippen molar-refractivity contribution in [2.24, 2.45) is 17.0 Å². The van der Waals surface area contributed by atoms with Crippen molar-refractivity contribution in [3.05, 3.63) is 48.3 Å². The van der Waals surface area contributed by atoms with Crippen LogP contribution in [0.3, 0.4) is 0 Å². The average Bonchev–Trinajstić information content (AvgIpc) is 3.57. The number of fused-ring (bicyclic) bond motifs is 1. The lowest BCUT2D eigenvalue weighted by Gasteiger charge is -2.20. The fourth-order valence-electron chi connectivity index (χ4n) is 5.64. The molecule has 1 aromatic carbocycles. The van der Waals surface area contributed by atoms with Gasteiger partial charge in [-0.15, -0.1) is 0 Å². The molecule has 4 aromatic rings. The quantitative estimate of drug-likeness (QED) is 0.181. The predicted molar refractivity (Wildman–Crippen MR) is 177 cm³/mol. The van der Waals surface area contributed by atoms with E-state index < -0.39 is 0 Å². The summed E-state index contributed by atoms with van der Waals surface area (Å²) in [7, 11) is 1.68. The number of anilines is 1. The van der Waals surface area contributed by atoms with Gasteiger partial charge in [-0.05, 0) is 51.4 Å². The molecular weight excluding hydrogens is 554 g/mol. The minimum absolute atomic E-state index is 0.0408.